The fourth-order valence-corrected chi connectivity index (χ4v) is 1.53. The molecule has 0 saturated carbocycles. The molecule has 4 N–H and O–H groups in total. The minimum atomic E-state index is -0.0575. The Kier molecular flexibility index (Phi) is 5.64. The summed E-state index contributed by atoms with van der Waals surface area (Å²) >= 11 is 0. The molecule has 0 amide bonds. The number of carbonyl (C=O) groups excluding carboxylic acids is 1. The predicted molar refractivity (Wildman–Crippen MR) is 74.4 cm³/mol. The summed E-state index contributed by atoms with van der Waals surface area (Å²) in [5, 5.41) is 9.63. The van der Waals surface area contributed by atoms with Gasteiger partial charge in [0.15, 0.2) is 11.7 Å². The van der Waals surface area contributed by atoms with Crippen LogP contribution in [0.4, 0.5) is 0 Å². The van der Waals surface area contributed by atoms with Crippen molar-refractivity contribution in [1.82, 2.24) is 5.32 Å². The van der Waals surface area contributed by atoms with Crippen LogP contribution in [0.15, 0.2) is 30.3 Å². The molecule has 0 aliphatic heterocycles. The molecule has 0 aromatic heterocycles. The van der Waals surface area contributed by atoms with Gasteiger partial charge in [-0.3, -0.25) is 10.2 Å². The molecule has 0 radical (unpaired) electrons. The molecule has 0 aliphatic carbocycles. The standard InChI is InChI=1S/C14H19N3O/c1-11-5-2-3-6-12(11)8-9-13(18)7-4-10-17-14(15)16/h2-3,5-6,8-9H,4,7,10H2,1H3,(H4,15,16,17). The quantitative estimate of drug-likeness (QED) is 0.310. The normalized spacial score (nSPS) is 10.5. The Balaban J connectivity index is 2.36. The molecule has 0 saturated heterocycles. The molecule has 18 heavy (non-hydrogen) atoms. The van der Waals surface area contributed by atoms with Crippen LogP contribution in [0.5, 0.6) is 0 Å². The van der Waals surface area contributed by atoms with Gasteiger partial charge in [-0.05, 0) is 30.5 Å². The van der Waals surface area contributed by atoms with Gasteiger partial charge >= 0.3 is 0 Å². The highest BCUT2D eigenvalue weighted by molar-refractivity contribution is 5.93. The monoisotopic (exact) mass is 245 g/mol. The first kappa shape index (κ1) is 14.0. The van der Waals surface area contributed by atoms with Crippen LogP contribution in [0.2, 0.25) is 0 Å². The first-order valence-electron chi connectivity index (χ1n) is 5.94. The van der Waals surface area contributed by atoms with E-state index in [-0.39, 0.29) is 11.7 Å². The Bertz CT molecular complexity index is 452. The molecule has 0 fully saturated rings. The lowest BCUT2D eigenvalue weighted by atomic mass is 10.1. The second-order valence-electron chi connectivity index (χ2n) is 4.10. The van der Waals surface area contributed by atoms with Crippen molar-refractivity contribution in [3.8, 4) is 0 Å². The average Bonchev–Trinajstić information content (AvgIpc) is 2.33. The molecule has 1 aromatic rings. The highest BCUT2D eigenvalue weighted by Crippen LogP contribution is 2.09. The van der Waals surface area contributed by atoms with E-state index in [9.17, 15) is 4.79 Å². The number of benzene rings is 1. The molecule has 1 rings (SSSR count). The van der Waals surface area contributed by atoms with Crippen molar-refractivity contribution in [3.63, 3.8) is 0 Å². The Morgan fingerprint density at radius 3 is 2.83 bits per heavy atom. The molecule has 1 aromatic carbocycles. The molecule has 4 nitrogen and oxygen atoms in total. The number of carbonyl (C=O) groups is 1. The van der Waals surface area contributed by atoms with Crippen LogP contribution in [0.1, 0.15) is 24.0 Å². The zero-order valence-corrected chi connectivity index (χ0v) is 10.6. The van der Waals surface area contributed by atoms with Crippen LogP contribution in [-0.4, -0.2) is 18.3 Å². The zero-order valence-electron chi connectivity index (χ0n) is 10.6. The first-order chi connectivity index (χ1) is 8.59. The van der Waals surface area contributed by atoms with Gasteiger partial charge in [0.2, 0.25) is 0 Å². The van der Waals surface area contributed by atoms with E-state index in [0.29, 0.717) is 19.4 Å². The maximum absolute atomic E-state index is 11.6. The summed E-state index contributed by atoms with van der Waals surface area (Å²) in [6.45, 7) is 2.57. The highest BCUT2D eigenvalue weighted by atomic mass is 16.1. The van der Waals surface area contributed by atoms with Gasteiger partial charge in [-0.15, -0.1) is 0 Å². The maximum Gasteiger partial charge on any atom is 0.185 e. The van der Waals surface area contributed by atoms with Crippen LogP contribution in [0.25, 0.3) is 6.08 Å². The van der Waals surface area contributed by atoms with Crippen molar-refractivity contribution < 1.29 is 4.79 Å². The summed E-state index contributed by atoms with van der Waals surface area (Å²) < 4.78 is 0. The fraction of sp³-hybridized carbons (Fsp3) is 0.286. The van der Waals surface area contributed by atoms with E-state index in [1.54, 1.807) is 6.08 Å². The Morgan fingerprint density at radius 2 is 2.17 bits per heavy atom. The number of guanidine groups is 1. The molecule has 96 valence electrons. The molecular weight excluding hydrogens is 226 g/mol. The third-order valence-corrected chi connectivity index (χ3v) is 2.55. The maximum atomic E-state index is 11.6. The van der Waals surface area contributed by atoms with Gasteiger partial charge in [0.25, 0.3) is 0 Å². The van der Waals surface area contributed by atoms with Crippen molar-refractivity contribution in [2.24, 2.45) is 5.73 Å². The van der Waals surface area contributed by atoms with Gasteiger partial charge in [0, 0.05) is 13.0 Å². The predicted octanol–water partition coefficient (Wildman–Crippen LogP) is 1.84. The Morgan fingerprint density at radius 1 is 1.44 bits per heavy atom. The molecule has 0 unspecified atom stereocenters. The van der Waals surface area contributed by atoms with Gasteiger partial charge in [0.05, 0.1) is 0 Å². The van der Waals surface area contributed by atoms with Gasteiger partial charge in [0.1, 0.15) is 0 Å². The number of hydrogen-bond donors (Lipinski definition) is 3. The van der Waals surface area contributed by atoms with E-state index >= 15 is 0 Å². The molecule has 0 atom stereocenters. The molecule has 4 heteroatoms. The number of nitrogens with one attached hydrogen (secondary N) is 2. The van der Waals surface area contributed by atoms with E-state index in [1.807, 2.05) is 37.3 Å². The minimum absolute atomic E-state index is 0.0575. The SMILES string of the molecule is Cc1ccccc1C=CC(=O)CCCNC(=N)N. The van der Waals surface area contributed by atoms with Crippen LogP contribution < -0.4 is 11.1 Å². The average molecular weight is 245 g/mol. The summed E-state index contributed by atoms with van der Waals surface area (Å²) in [6.07, 6.45) is 4.59. The van der Waals surface area contributed by atoms with Gasteiger partial charge < -0.3 is 11.1 Å². The second-order valence-corrected chi connectivity index (χ2v) is 4.10. The molecule has 0 heterocycles. The lowest BCUT2D eigenvalue weighted by Crippen LogP contribution is -2.31. The molecule has 0 aliphatic rings. The van der Waals surface area contributed by atoms with Crippen LogP contribution in [0, 0.1) is 12.3 Å². The van der Waals surface area contributed by atoms with Crippen molar-refractivity contribution in [2.45, 2.75) is 19.8 Å². The molecular formula is C14H19N3O. The number of rotatable bonds is 6. The van der Waals surface area contributed by atoms with Crippen LogP contribution >= 0.6 is 0 Å². The fourth-order valence-electron chi connectivity index (χ4n) is 1.53. The van der Waals surface area contributed by atoms with Gasteiger partial charge in [-0.1, -0.05) is 30.3 Å². The van der Waals surface area contributed by atoms with Crippen LogP contribution in [-0.2, 0) is 4.79 Å². The van der Waals surface area contributed by atoms with E-state index in [1.165, 1.54) is 0 Å². The summed E-state index contributed by atoms with van der Waals surface area (Å²) in [6, 6.07) is 7.92. The van der Waals surface area contributed by atoms with Crippen molar-refractivity contribution in [3.05, 3.63) is 41.5 Å². The van der Waals surface area contributed by atoms with Gasteiger partial charge in [-0.2, -0.15) is 0 Å². The Hall–Kier alpha value is -2.10. The van der Waals surface area contributed by atoms with E-state index in [2.05, 4.69) is 5.32 Å². The molecule has 0 bridgehead atoms. The summed E-state index contributed by atoms with van der Waals surface area (Å²) in [4.78, 5) is 11.6. The van der Waals surface area contributed by atoms with Crippen LogP contribution in [0.3, 0.4) is 0 Å². The number of allylic oxidation sites excluding steroid dienone is 1. The van der Waals surface area contributed by atoms with Crippen molar-refractivity contribution >= 4 is 17.8 Å². The molecule has 0 spiro atoms. The third kappa shape index (κ3) is 5.30. The highest BCUT2D eigenvalue weighted by Gasteiger charge is 1.98. The number of ketones is 1. The van der Waals surface area contributed by atoms with Gasteiger partial charge in [-0.25, -0.2) is 0 Å². The second kappa shape index (κ2) is 7.27. The summed E-state index contributed by atoms with van der Waals surface area (Å²) in [5.41, 5.74) is 7.35. The third-order valence-electron chi connectivity index (χ3n) is 2.55. The Labute approximate surface area is 107 Å². The minimum Gasteiger partial charge on any atom is -0.370 e. The number of hydrogen-bond acceptors (Lipinski definition) is 2. The lowest BCUT2D eigenvalue weighted by Gasteiger charge is -2.01. The zero-order chi connectivity index (χ0) is 13.4. The smallest absolute Gasteiger partial charge is 0.185 e. The first-order valence-corrected chi connectivity index (χ1v) is 5.94. The van der Waals surface area contributed by atoms with E-state index < -0.39 is 0 Å². The largest absolute Gasteiger partial charge is 0.370 e. The van der Waals surface area contributed by atoms with Crippen molar-refractivity contribution in [2.75, 3.05) is 6.54 Å². The van der Waals surface area contributed by atoms with Crippen molar-refractivity contribution in [1.29, 1.82) is 5.41 Å². The number of aryl methyl sites for hydroxylation is 1. The summed E-state index contributed by atoms with van der Waals surface area (Å²) in [5.74, 6) is 0.0292. The van der Waals surface area contributed by atoms with E-state index in [0.717, 1.165) is 11.1 Å². The topological polar surface area (TPSA) is 79.0 Å². The lowest BCUT2D eigenvalue weighted by molar-refractivity contribution is -0.114. The summed E-state index contributed by atoms with van der Waals surface area (Å²) in [7, 11) is 0. The number of nitrogens with two attached hydrogens (primary N) is 1. The van der Waals surface area contributed by atoms with E-state index in [4.69, 9.17) is 11.1 Å².